The Hall–Kier alpha value is -1.41. The van der Waals surface area contributed by atoms with E-state index in [4.69, 9.17) is 35.4 Å². The fourth-order valence-corrected chi connectivity index (χ4v) is 2.54. The molecule has 0 aliphatic rings. The third-order valence-corrected chi connectivity index (χ3v) is 3.87. The highest BCUT2D eigenvalue weighted by atomic mass is 35.5. The molecule has 118 valence electrons. The van der Waals surface area contributed by atoms with Gasteiger partial charge in [0.05, 0.1) is 19.1 Å². The first-order chi connectivity index (χ1) is 10.4. The van der Waals surface area contributed by atoms with Crippen LogP contribution in [0, 0.1) is 4.77 Å². The number of nitrogens with zero attached hydrogens (tertiary/aromatic N) is 2. The first kappa shape index (κ1) is 17.0. The molecule has 1 aromatic heterocycles. The standard InChI is InChI=1S/C13H14Cl2N4O2S/c1-19-11(17-18-13(19)22)6-16-12(21)5-10(20)7-2-8(14)4-9(15)3-7/h2-4,10,20H,5-6H2,1H3,(H,16,21)(H,18,22)/t10-/m1/s1. The molecule has 22 heavy (non-hydrogen) atoms. The van der Waals surface area contributed by atoms with E-state index in [9.17, 15) is 9.90 Å². The number of rotatable bonds is 5. The SMILES string of the molecule is Cn1c(CNC(=O)C[C@@H](O)c2cc(Cl)cc(Cl)c2)n[nH]c1=S. The van der Waals surface area contributed by atoms with Crippen molar-refractivity contribution in [2.75, 3.05) is 0 Å². The normalized spacial score (nSPS) is 12.2. The molecule has 9 heteroatoms. The van der Waals surface area contributed by atoms with Gasteiger partial charge >= 0.3 is 0 Å². The molecule has 0 aliphatic heterocycles. The number of halogens is 2. The van der Waals surface area contributed by atoms with Gasteiger partial charge in [0, 0.05) is 17.1 Å². The summed E-state index contributed by atoms with van der Waals surface area (Å²) in [6.07, 6.45) is -1.09. The molecule has 1 aromatic carbocycles. The van der Waals surface area contributed by atoms with Crippen LogP contribution >= 0.6 is 35.4 Å². The largest absolute Gasteiger partial charge is 0.388 e. The van der Waals surface area contributed by atoms with Crippen LogP contribution in [-0.2, 0) is 18.4 Å². The van der Waals surface area contributed by atoms with Crippen LogP contribution in [0.15, 0.2) is 18.2 Å². The summed E-state index contributed by atoms with van der Waals surface area (Å²) in [5.41, 5.74) is 0.491. The van der Waals surface area contributed by atoms with Gasteiger partial charge in [-0.25, -0.2) is 0 Å². The fraction of sp³-hybridized carbons (Fsp3) is 0.308. The second-order valence-corrected chi connectivity index (χ2v) is 5.96. The number of aliphatic hydroxyl groups excluding tert-OH is 1. The van der Waals surface area contributed by atoms with Crippen LogP contribution in [0.5, 0.6) is 0 Å². The Balaban J connectivity index is 1.94. The predicted molar refractivity (Wildman–Crippen MR) is 86.3 cm³/mol. The third-order valence-electron chi connectivity index (χ3n) is 3.06. The number of hydrogen-bond donors (Lipinski definition) is 3. The van der Waals surface area contributed by atoms with Crippen molar-refractivity contribution in [1.82, 2.24) is 20.1 Å². The van der Waals surface area contributed by atoms with Crippen molar-refractivity contribution in [3.05, 3.63) is 44.4 Å². The first-order valence-corrected chi connectivity index (χ1v) is 7.54. The highest BCUT2D eigenvalue weighted by Gasteiger charge is 2.15. The molecule has 1 heterocycles. The fourth-order valence-electron chi connectivity index (χ4n) is 1.85. The molecule has 0 radical (unpaired) electrons. The minimum Gasteiger partial charge on any atom is -0.388 e. The number of aliphatic hydroxyl groups is 1. The van der Waals surface area contributed by atoms with Crippen molar-refractivity contribution in [2.45, 2.75) is 19.1 Å². The van der Waals surface area contributed by atoms with E-state index in [1.165, 1.54) is 0 Å². The summed E-state index contributed by atoms with van der Waals surface area (Å²) in [4.78, 5) is 11.9. The van der Waals surface area contributed by atoms with Gasteiger partial charge in [0.1, 0.15) is 0 Å². The Kier molecular flexibility index (Phi) is 5.57. The van der Waals surface area contributed by atoms with Gasteiger partial charge in [-0.2, -0.15) is 5.10 Å². The summed E-state index contributed by atoms with van der Waals surface area (Å²) in [6, 6.07) is 4.70. The van der Waals surface area contributed by atoms with E-state index in [0.717, 1.165) is 0 Å². The van der Waals surface area contributed by atoms with E-state index in [0.29, 0.717) is 26.2 Å². The van der Waals surface area contributed by atoms with Gasteiger partial charge in [-0.15, -0.1) is 0 Å². The second-order valence-electron chi connectivity index (χ2n) is 4.70. The lowest BCUT2D eigenvalue weighted by Crippen LogP contribution is -2.26. The Labute approximate surface area is 142 Å². The number of H-pyrrole nitrogens is 1. The lowest BCUT2D eigenvalue weighted by atomic mass is 10.1. The lowest BCUT2D eigenvalue weighted by Gasteiger charge is -2.12. The minimum atomic E-state index is -0.987. The second kappa shape index (κ2) is 7.23. The zero-order valence-electron chi connectivity index (χ0n) is 11.6. The summed E-state index contributed by atoms with van der Waals surface area (Å²) < 4.78 is 2.13. The molecule has 0 fully saturated rings. The van der Waals surface area contributed by atoms with Crippen molar-refractivity contribution < 1.29 is 9.90 Å². The number of carbonyl (C=O) groups is 1. The molecule has 2 aromatic rings. The Morgan fingerprint density at radius 1 is 1.45 bits per heavy atom. The maximum Gasteiger partial charge on any atom is 0.223 e. The monoisotopic (exact) mass is 360 g/mol. The number of carbonyl (C=O) groups excluding carboxylic acids is 1. The summed E-state index contributed by atoms with van der Waals surface area (Å²) in [5, 5.41) is 20.2. The maximum absolute atomic E-state index is 11.9. The molecule has 1 amide bonds. The van der Waals surface area contributed by atoms with Crippen molar-refractivity contribution >= 4 is 41.3 Å². The van der Waals surface area contributed by atoms with Gasteiger partial charge in [-0.1, -0.05) is 23.2 Å². The number of hydrogen-bond acceptors (Lipinski definition) is 4. The molecule has 1 atom stereocenters. The molecule has 0 spiro atoms. The van der Waals surface area contributed by atoms with Crippen molar-refractivity contribution in [1.29, 1.82) is 0 Å². The lowest BCUT2D eigenvalue weighted by molar-refractivity contribution is -0.123. The molecule has 2 rings (SSSR count). The number of nitrogens with one attached hydrogen (secondary N) is 2. The zero-order valence-corrected chi connectivity index (χ0v) is 14.0. The first-order valence-electron chi connectivity index (χ1n) is 6.38. The van der Waals surface area contributed by atoms with Crippen LogP contribution in [0.1, 0.15) is 23.9 Å². The van der Waals surface area contributed by atoms with Crippen molar-refractivity contribution in [2.24, 2.45) is 7.05 Å². The van der Waals surface area contributed by atoms with Crippen LogP contribution in [0.2, 0.25) is 10.0 Å². The predicted octanol–water partition coefficient (Wildman–Crippen LogP) is 2.52. The molecular weight excluding hydrogens is 347 g/mol. The highest BCUT2D eigenvalue weighted by molar-refractivity contribution is 7.71. The molecule has 0 bridgehead atoms. The van der Waals surface area contributed by atoms with Gasteiger partial charge in [0.15, 0.2) is 10.6 Å². The number of aromatic amines is 1. The Bertz CT molecular complexity index is 724. The van der Waals surface area contributed by atoms with E-state index in [2.05, 4.69) is 15.5 Å². The van der Waals surface area contributed by atoms with E-state index in [-0.39, 0.29) is 18.9 Å². The van der Waals surface area contributed by atoms with E-state index < -0.39 is 6.10 Å². The summed E-state index contributed by atoms with van der Waals surface area (Å²) in [6.45, 7) is 0.214. The summed E-state index contributed by atoms with van der Waals surface area (Å²) in [7, 11) is 1.75. The quantitative estimate of drug-likeness (QED) is 0.715. The third kappa shape index (κ3) is 4.30. The Morgan fingerprint density at radius 2 is 2.09 bits per heavy atom. The van der Waals surface area contributed by atoms with Gasteiger partial charge in [-0.05, 0) is 36.0 Å². The van der Waals surface area contributed by atoms with Gasteiger partial charge in [0.2, 0.25) is 5.91 Å². The maximum atomic E-state index is 11.9. The zero-order chi connectivity index (χ0) is 16.3. The number of amides is 1. The molecule has 0 aliphatic carbocycles. The van der Waals surface area contributed by atoms with Crippen molar-refractivity contribution in [3.8, 4) is 0 Å². The van der Waals surface area contributed by atoms with Crippen LogP contribution in [0.25, 0.3) is 0 Å². The van der Waals surface area contributed by atoms with E-state index in [1.54, 1.807) is 29.8 Å². The summed E-state index contributed by atoms with van der Waals surface area (Å²) in [5.74, 6) is 0.274. The van der Waals surface area contributed by atoms with Crippen LogP contribution in [0.4, 0.5) is 0 Å². The molecular formula is C13H14Cl2N4O2S. The van der Waals surface area contributed by atoms with Gasteiger partial charge < -0.3 is 15.0 Å². The smallest absolute Gasteiger partial charge is 0.223 e. The molecule has 3 N–H and O–H groups in total. The molecule has 0 saturated heterocycles. The molecule has 0 unspecified atom stereocenters. The van der Waals surface area contributed by atoms with Crippen molar-refractivity contribution in [3.63, 3.8) is 0 Å². The van der Waals surface area contributed by atoms with E-state index in [1.807, 2.05) is 0 Å². The summed E-state index contributed by atoms with van der Waals surface area (Å²) >= 11 is 16.7. The average molecular weight is 361 g/mol. The number of benzene rings is 1. The number of aromatic nitrogens is 3. The van der Waals surface area contributed by atoms with Gasteiger partial charge in [-0.3, -0.25) is 9.89 Å². The van der Waals surface area contributed by atoms with Crippen LogP contribution in [0.3, 0.4) is 0 Å². The highest BCUT2D eigenvalue weighted by Crippen LogP contribution is 2.25. The molecule has 6 nitrogen and oxygen atoms in total. The minimum absolute atomic E-state index is 0.106. The van der Waals surface area contributed by atoms with Gasteiger partial charge in [0.25, 0.3) is 0 Å². The topological polar surface area (TPSA) is 82.9 Å². The van der Waals surface area contributed by atoms with E-state index >= 15 is 0 Å². The molecule has 0 saturated carbocycles. The average Bonchev–Trinajstić information content (AvgIpc) is 2.75. The van der Waals surface area contributed by atoms with Crippen LogP contribution in [-0.4, -0.2) is 25.8 Å². The Morgan fingerprint density at radius 3 is 2.64 bits per heavy atom. The van der Waals surface area contributed by atoms with Crippen LogP contribution < -0.4 is 5.32 Å².